The highest BCUT2D eigenvalue weighted by molar-refractivity contribution is 7.46. The van der Waals surface area contributed by atoms with Gasteiger partial charge in [-0.25, -0.2) is 14.2 Å². The minimum atomic E-state index is -4.71. The number of aryl methyl sites for hydroxylation is 1. The number of carbonyl (C=O) groups is 4. The summed E-state index contributed by atoms with van der Waals surface area (Å²) in [4.78, 5) is 81.5. The van der Waals surface area contributed by atoms with Gasteiger partial charge in [0, 0.05) is 36.6 Å². The molecule has 0 radical (unpaired) electrons. The minimum absolute atomic E-state index is 0.0171. The second kappa shape index (κ2) is 11.6. The Morgan fingerprint density at radius 2 is 1.86 bits per heavy atom. The van der Waals surface area contributed by atoms with Crippen LogP contribution in [0.1, 0.15) is 56.1 Å². The average molecular weight is 524 g/mol. The maximum Gasteiger partial charge on any atom is 0.471 e. The van der Waals surface area contributed by atoms with E-state index >= 15 is 0 Å². The number of hydrogen-bond donors (Lipinski definition) is 3. The van der Waals surface area contributed by atoms with Crippen LogP contribution >= 0.6 is 7.82 Å². The first-order valence-electron chi connectivity index (χ1n) is 11.0. The highest BCUT2D eigenvalue weighted by Crippen LogP contribution is 2.34. The first-order valence-corrected chi connectivity index (χ1v) is 12.6. The summed E-state index contributed by atoms with van der Waals surface area (Å²) in [6, 6.07) is 6.80. The Morgan fingerprint density at radius 3 is 2.53 bits per heavy atom. The van der Waals surface area contributed by atoms with Gasteiger partial charge < -0.3 is 24.4 Å². The second-order valence-corrected chi connectivity index (χ2v) is 9.47. The number of amides is 3. The zero-order chi connectivity index (χ0) is 26.5. The lowest BCUT2D eigenvalue weighted by atomic mass is 9.97. The fourth-order valence-corrected chi connectivity index (χ4v) is 3.80. The Kier molecular flexibility index (Phi) is 8.75. The summed E-state index contributed by atoms with van der Waals surface area (Å²) >= 11 is 0. The van der Waals surface area contributed by atoms with E-state index in [0.717, 1.165) is 5.56 Å². The number of phosphoric ester groups is 1. The van der Waals surface area contributed by atoms with Crippen molar-refractivity contribution in [3.63, 3.8) is 0 Å². The van der Waals surface area contributed by atoms with Crippen molar-refractivity contribution in [1.29, 1.82) is 0 Å². The van der Waals surface area contributed by atoms with Gasteiger partial charge >= 0.3 is 19.4 Å². The summed E-state index contributed by atoms with van der Waals surface area (Å²) in [5.41, 5.74) is 0.741. The van der Waals surface area contributed by atoms with Crippen LogP contribution in [0.15, 0.2) is 33.5 Å². The lowest BCUT2D eigenvalue weighted by Crippen LogP contribution is -2.31. The molecule has 1 aromatic heterocycles. The minimum Gasteiger partial charge on any atom is -0.423 e. The van der Waals surface area contributed by atoms with Gasteiger partial charge in [-0.05, 0) is 36.5 Å². The fourth-order valence-electron chi connectivity index (χ4n) is 3.57. The summed E-state index contributed by atoms with van der Waals surface area (Å²) in [5, 5.41) is 3.33. The molecule has 3 N–H and O–H groups in total. The largest absolute Gasteiger partial charge is 0.471 e. The van der Waals surface area contributed by atoms with Crippen molar-refractivity contribution in [1.82, 2.24) is 10.4 Å². The number of nitrogens with zero attached hydrogens (tertiary/aromatic N) is 1. The van der Waals surface area contributed by atoms with E-state index in [1.165, 1.54) is 0 Å². The fraction of sp³-hybridized carbons (Fsp3) is 0.409. The number of carbonyl (C=O) groups excluding carboxylic acids is 4. The molecule has 1 atom stereocenters. The zero-order valence-corrected chi connectivity index (χ0v) is 20.2. The molecule has 14 heteroatoms. The lowest BCUT2D eigenvalue weighted by molar-refractivity contribution is -0.197. The van der Waals surface area contributed by atoms with E-state index < -0.39 is 49.8 Å². The van der Waals surface area contributed by atoms with Crippen molar-refractivity contribution < 1.29 is 47.3 Å². The molecule has 1 saturated heterocycles. The molecule has 2 heterocycles. The van der Waals surface area contributed by atoms with Crippen LogP contribution in [0, 0.1) is 0 Å². The normalized spacial score (nSPS) is 14.8. The smallest absolute Gasteiger partial charge is 0.423 e. The number of nitrogens with one attached hydrogen (secondary N) is 1. The van der Waals surface area contributed by atoms with Gasteiger partial charge in [-0.2, -0.15) is 0 Å². The molecule has 3 rings (SSSR count). The Labute approximate surface area is 204 Å². The molecule has 13 nitrogen and oxygen atoms in total. The van der Waals surface area contributed by atoms with Gasteiger partial charge in [-0.3, -0.25) is 18.9 Å². The monoisotopic (exact) mass is 524 g/mol. The Bertz CT molecular complexity index is 1270. The first kappa shape index (κ1) is 27.2. The van der Waals surface area contributed by atoms with Gasteiger partial charge in [0.25, 0.3) is 11.8 Å². The number of hydrogen-bond acceptors (Lipinski definition) is 9. The standard InChI is InChI=1S/C22H25N2O11P/c1-13(9-18(25)23-12-33-36(30,31)32)16-11-15-6-5-14(10-17(15)34-22(16)29)3-2-4-21(28)35-24-19(26)7-8-20(24)27/h5-6,10-11,13H,2-4,7-9,12H2,1H3,(H,23,25)(H2,30,31,32). The van der Waals surface area contributed by atoms with Crippen molar-refractivity contribution in [2.45, 2.75) is 51.4 Å². The molecule has 0 spiro atoms. The van der Waals surface area contributed by atoms with Gasteiger partial charge in [-0.1, -0.05) is 19.1 Å². The molecule has 194 valence electrons. The topological polar surface area (TPSA) is 190 Å². The third-order valence-electron chi connectivity index (χ3n) is 5.40. The summed E-state index contributed by atoms with van der Waals surface area (Å²) in [6.45, 7) is 0.968. The number of rotatable bonds is 11. The molecule has 36 heavy (non-hydrogen) atoms. The molecular formula is C22H25N2O11P. The average Bonchev–Trinajstić information content (AvgIpc) is 3.09. The van der Waals surface area contributed by atoms with Crippen molar-refractivity contribution in [2.24, 2.45) is 0 Å². The van der Waals surface area contributed by atoms with E-state index in [9.17, 15) is 28.5 Å². The Hall–Kier alpha value is -3.38. The van der Waals surface area contributed by atoms with Gasteiger partial charge in [-0.15, -0.1) is 5.06 Å². The van der Waals surface area contributed by atoms with E-state index in [4.69, 9.17) is 19.0 Å². The summed E-state index contributed by atoms with van der Waals surface area (Å²) in [6.07, 6.45) is 0.722. The van der Waals surface area contributed by atoms with Gasteiger partial charge in [0.15, 0.2) is 0 Å². The molecule has 0 saturated carbocycles. The third-order valence-corrected chi connectivity index (χ3v) is 5.86. The van der Waals surface area contributed by atoms with Crippen molar-refractivity contribution in [3.8, 4) is 0 Å². The summed E-state index contributed by atoms with van der Waals surface area (Å²) in [7, 11) is -4.71. The van der Waals surface area contributed by atoms with E-state index in [-0.39, 0.29) is 31.2 Å². The number of hydroxylamine groups is 2. The second-order valence-electron chi connectivity index (χ2n) is 8.23. The van der Waals surface area contributed by atoms with Crippen molar-refractivity contribution in [3.05, 3.63) is 45.8 Å². The molecular weight excluding hydrogens is 499 g/mol. The van der Waals surface area contributed by atoms with Gasteiger partial charge in [0.2, 0.25) is 5.91 Å². The predicted octanol–water partition coefficient (Wildman–Crippen LogP) is 1.40. The molecule has 1 aliphatic rings. The van der Waals surface area contributed by atoms with Crippen molar-refractivity contribution >= 4 is 42.5 Å². The Balaban J connectivity index is 1.55. The molecule has 1 aromatic carbocycles. The lowest BCUT2D eigenvalue weighted by Gasteiger charge is -2.13. The zero-order valence-electron chi connectivity index (χ0n) is 19.3. The highest BCUT2D eigenvalue weighted by atomic mass is 31.2. The molecule has 1 fully saturated rings. The number of phosphoric acid groups is 1. The SMILES string of the molecule is CC(CC(=O)NCOP(=O)(O)O)c1cc2ccc(CCCC(=O)ON3C(=O)CCC3=O)cc2oc1=O. The van der Waals surface area contributed by atoms with Crippen LogP contribution < -0.4 is 10.9 Å². The van der Waals surface area contributed by atoms with Crippen LogP contribution in [0.3, 0.4) is 0 Å². The first-order chi connectivity index (χ1) is 16.9. The van der Waals surface area contributed by atoms with E-state index in [1.807, 2.05) is 0 Å². The molecule has 0 bridgehead atoms. The van der Waals surface area contributed by atoms with E-state index in [2.05, 4.69) is 9.84 Å². The summed E-state index contributed by atoms with van der Waals surface area (Å²) < 4.78 is 20.2. The predicted molar refractivity (Wildman–Crippen MR) is 122 cm³/mol. The quantitative estimate of drug-likeness (QED) is 0.167. The highest BCUT2D eigenvalue weighted by Gasteiger charge is 2.32. The molecule has 1 aliphatic heterocycles. The van der Waals surface area contributed by atoms with Crippen molar-refractivity contribution in [2.75, 3.05) is 6.73 Å². The molecule has 3 amide bonds. The summed E-state index contributed by atoms with van der Waals surface area (Å²) in [5.74, 6) is -2.88. The van der Waals surface area contributed by atoms with Crippen LogP contribution in [-0.2, 0) is 39.5 Å². The number of imide groups is 1. The van der Waals surface area contributed by atoms with Crippen LogP contribution in [0.2, 0.25) is 0 Å². The maximum absolute atomic E-state index is 12.5. The Morgan fingerprint density at radius 1 is 1.17 bits per heavy atom. The van der Waals surface area contributed by atoms with Crippen LogP contribution in [0.4, 0.5) is 0 Å². The van der Waals surface area contributed by atoms with E-state index in [0.29, 0.717) is 28.9 Å². The molecule has 2 aromatic rings. The molecule has 0 aliphatic carbocycles. The van der Waals surface area contributed by atoms with Crippen LogP contribution in [0.5, 0.6) is 0 Å². The maximum atomic E-state index is 12.5. The number of fused-ring (bicyclic) bond motifs is 1. The van der Waals surface area contributed by atoms with Gasteiger partial charge in [0.05, 0.1) is 0 Å². The van der Waals surface area contributed by atoms with Crippen LogP contribution in [-0.4, -0.2) is 45.3 Å². The van der Waals surface area contributed by atoms with Crippen LogP contribution in [0.25, 0.3) is 11.0 Å². The molecule has 1 unspecified atom stereocenters. The number of benzene rings is 1. The van der Waals surface area contributed by atoms with Gasteiger partial charge in [0.1, 0.15) is 12.3 Å². The third kappa shape index (κ3) is 7.56. The van der Waals surface area contributed by atoms with E-state index in [1.54, 1.807) is 31.2 Å².